The molecule has 0 aliphatic heterocycles. The molecule has 0 atom stereocenters. The first-order chi connectivity index (χ1) is 13.5. The summed E-state index contributed by atoms with van der Waals surface area (Å²) in [5, 5.41) is 11.7. The predicted molar refractivity (Wildman–Crippen MR) is 104 cm³/mol. The maximum Gasteiger partial charge on any atom is 0.344 e. The molecular formula is C20H15FN2O4S. The Hall–Kier alpha value is -3.26. The second-order valence-corrected chi connectivity index (χ2v) is 6.99. The Morgan fingerprint density at radius 2 is 2.18 bits per heavy atom. The number of nitrogens with zero attached hydrogens (tertiary/aromatic N) is 1. The Balaban J connectivity index is 2.07. The zero-order chi connectivity index (χ0) is 19.8. The minimum atomic E-state index is -0.664. The second kappa shape index (κ2) is 7.05. The third kappa shape index (κ3) is 2.91. The van der Waals surface area contributed by atoms with E-state index in [9.17, 15) is 14.3 Å². The van der Waals surface area contributed by atoms with Crippen LogP contribution >= 0.6 is 11.8 Å². The number of furan rings is 1. The lowest BCUT2D eigenvalue weighted by Crippen LogP contribution is -2.06. The third-order valence-electron chi connectivity index (χ3n) is 4.15. The minimum absolute atomic E-state index is 0.0248. The van der Waals surface area contributed by atoms with Crippen LogP contribution in [0, 0.1) is 5.82 Å². The first-order valence-electron chi connectivity index (χ1n) is 8.43. The summed E-state index contributed by atoms with van der Waals surface area (Å²) in [7, 11) is 0. The van der Waals surface area contributed by atoms with Crippen LogP contribution in [0.5, 0.6) is 5.75 Å². The Labute approximate surface area is 163 Å². The van der Waals surface area contributed by atoms with Crippen LogP contribution in [-0.4, -0.2) is 22.7 Å². The van der Waals surface area contributed by atoms with E-state index >= 15 is 0 Å². The van der Waals surface area contributed by atoms with E-state index in [0.717, 1.165) is 11.8 Å². The highest BCUT2D eigenvalue weighted by atomic mass is 32.2. The number of aromatic nitrogens is 1. The number of phenols is 1. The van der Waals surface area contributed by atoms with E-state index < -0.39 is 11.8 Å². The van der Waals surface area contributed by atoms with Gasteiger partial charge in [-0.1, -0.05) is 17.8 Å². The molecule has 2 aromatic carbocycles. The number of rotatable bonds is 4. The molecule has 4 aromatic rings. The number of nitrogen functional groups attached to an aromatic ring is 1. The maximum absolute atomic E-state index is 13.6. The van der Waals surface area contributed by atoms with Crippen molar-refractivity contribution < 1.29 is 23.4 Å². The molecule has 0 fully saturated rings. The van der Waals surface area contributed by atoms with E-state index in [4.69, 9.17) is 14.9 Å². The summed E-state index contributed by atoms with van der Waals surface area (Å²) in [4.78, 5) is 17.6. The quantitative estimate of drug-likeness (QED) is 0.479. The van der Waals surface area contributed by atoms with Crippen molar-refractivity contribution in [1.82, 2.24) is 4.98 Å². The van der Waals surface area contributed by atoms with E-state index in [1.807, 2.05) is 0 Å². The van der Waals surface area contributed by atoms with Gasteiger partial charge >= 0.3 is 5.97 Å². The van der Waals surface area contributed by atoms with Crippen molar-refractivity contribution in [2.75, 3.05) is 12.3 Å². The molecule has 2 heterocycles. The molecule has 8 heteroatoms. The van der Waals surface area contributed by atoms with Gasteiger partial charge < -0.3 is 20.0 Å². The summed E-state index contributed by atoms with van der Waals surface area (Å²) in [6.07, 6.45) is 1.53. The number of hydrogen-bond acceptors (Lipinski definition) is 7. The van der Waals surface area contributed by atoms with Crippen molar-refractivity contribution in [2.45, 2.75) is 16.7 Å². The summed E-state index contributed by atoms with van der Waals surface area (Å²) in [6.45, 7) is 1.83. The maximum atomic E-state index is 13.6. The van der Waals surface area contributed by atoms with Gasteiger partial charge in [-0.2, -0.15) is 0 Å². The van der Waals surface area contributed by atoms with Gasteiger partial charge in [0, 0.05) is 16.5 Å². The normalized spacial score (nSPS) is 11.2. The van der Waals surface area contributed by atoms with Crippen molar-refractivity contribution in [3.63, 3.8) is 0 Å². The summed E-state index contributed by atoms with van der Waals surface area (Å²) in [5.74, 6) is -1.35. The van der Waals surface area contributed by atoms with Gasteiger partial charge in [0.15, 0.2) is 5.75 Å². The minimum Gasteiger partial charge on any atom is -0.505 e. The molecule has 0 bridgehead atoms. The number of ether oxygens (including phenoxy) is 1. The lowest BCUT2D eigenvalue weighted by molar-refractivity contribution is 0.0529. The molecule has 4 rings (SSSR count). The summed E-state index contributed by atoms with van der Waals surface area (Å²) < 4.78 is 24.4. The number of nitrogens with two attached hydrogens (primary N) is 1. The first-order valence-corrected chi connectivity index (χ1v) is 9.25. The molecule has 6 nitrogen and oxygen atoms in total. The van der Waals surface area contributed by atoms with Crippen LogP contribution in [0.2, 0.25) is 0 Å². The number of fused-ring (bicyclic) bond motifs is 3. The monoisotopic (exact) mass is 398 g/mol. The predicted octanol–water partition coefficient (Wildman–Crippen LogP) is 4.74. The van der Waals surface area contributed by atoms with Crippen molar-refractivity contribution >= 4 is 45.5 Å². The summed E-state index contributed by atoms with van der Waals surface area (Å²) in [6, 6.07) is 9.28. The molecule has 0 unspecified atom stereocenters. The van der Waals surface area contributed by atoms with Crippen LogP contribution in [0.25, 0.3) is 21.9 Å². The molecule has 0 radical (unpaired) electrons. The van der Waals surface area contributed by atoms with Crippen molar-refractivity contribution in [2.24, 2.45) is 0 Å². The van der Waals surface area contributed by atoms with Crippen molar-refractivity contribution in [1.29, 1.82) is 0 Å². The van der Waals surface area contributed by atoms with Crippen LogP contribution in [0.15, 0.2) is 56.8 Å². The van der Waals surface area contributed by atoms with Crippen LogP contribution in [0.1, 0.15) is 17.3 Å². The number of pyridine rings is 1. The highest BCUT2D eigenvalue weighted by Gasteiger charge is 2.28. The lowest BCUT2D eigenvalue weighted by atomic mass is 10.1. The number of hydrogen-bond donors (Lipinski definition) is 2. The molecule has 28 heavy (non-hydrogen) atoms. The molecular weight excluding hydrogens is 383 g/mol. The van der Waals surface area contributed by atoms with Gasteiger partial charge in [-0.25, -0.2) is 9.18 Å². The Morgan fingerprint density at radius 1 is 1.36 bits per heavy atom. The molecule has 0 amide bonds. The standard InChI is InChI=1S/C20H15FN2O4S/c1-2-26-20(25)14-13-17(27-19(14)22)12-7-4-8-23-15(12)16(24)18(13)28-11-6-3-5-10(21)9-11/h3-9,24H,2,22H2,1H3. The van der Waals surface area contributed by atoms with Crippen molar-refractivity contribution in [3.8, 4) is 5.75 Å². The lowest BCUT2D eigenvalue weighted by Gasteiger charge is -2.10. The molecule has 0 saturated carbocycles. The van der Waals surface area contributed by atoms with E-state index in [-0.39, 0.29) is 34.2 Å². The zero-order valence-electron chi connectivity index (χ0n) is 14.7. The highest BCUT2D eigenvalue weighted by Crippen LogP contribution is 2.48. The summed E-state index contributed by atoms with van der Waals surface area (Å²) >= 11 is 1.08. The van der Waals surface area contributed by atoms with Gasteiger partial charge in [-0.15, -0.1) is 0 Å². The number of aromatic hydroxyl groups is 1. The Morgan fingerprint density at radius 3 is 2.93 bits per heavy atom. The molecule has 3 N–H and O–H groups in total. The number of anilines is 1. The van der Waals surface area contributed by atoms with Crippen LogP contribution in [-0.2, 0) is 4.74 Å². The van der Waals surface area contributed by atoms with E-state index in [1.54, 1.807) is 31.2 Å². The molecule has 2 aromatic heterocycles. The largest absolute Gasteiger partial charge is 0.505 e. The molecule has 0 saturated heterocycles. The van der Waals surface area contributed by atoms with Gasteiger partial charge in [0.25, 0.3) is 0 Å². The number of carbonyl (C=O) groups excluding carboxylic acids is 1. The van der Waals surface area contributed by atoms with Gasteiger partial charge in [0.05, 0.1) is 16.9 Å². The van der Waals surface area contributed by atoms with E-state index in [0.29, 0.717) is 21.3 Å². The Kier molecular flexibility index (Phi) is 4.56. The average Bonchev–Trinajstić information content (AvgIpc) is 3.02. The Bertz CT molecular complexity index is 1220. The van der Waals surface area contributed by atoms with E-state index in [2.05, 4.69) is 4.98 Å². The van der Waals surface area contributed by atoms with Gasteiger partial charge in [0.1, 0.15) is 22.5 Å². The molecule has 0 spiro atoms. The number of phenolic OH excluding ortho intramolecular Hbond substituents is 1. The van der Waals surface area contributed by atoms with Crippen molar-refractivity contribution in [3.05, 3.63) is 54.0 Å². The van der Waals surface area contributed by atoms with Crippen LogP contribution in [0.3, 0.4) is 0 Å². The van der Waals surface area contributed by atoms with Crippen LogP contribution < -0.4 is 5.73 Å². The first kappa shape index (κ1) is 18.1. The van der Waals surface area contributed by atoms with Gasteiger partial charge in [-0.3, -0.25) is 4.98 Å². The van der Waals surface area contributed by atoms with Crippen LogP contribution in [0.4, 0.5) is 10.3 Å². The fourth-order valence-corrected chi connectivity index (χ4v) is 4.06. The molecule has 0 aliphatic carbocycles. The molecule has 142 valence electrons. The highest BCUT2D eigenvalue weighted by molar-refractivity contribution is 7.99. The zero-order valence-corrected chi connectivity index (χ0v) is 15.5. The smallest absolute Gasteiger partial charge is 0.344 e. The van der Waals surface area contributed by atoms with Gasteiger partial charge in [-0.05, 0) is 37.3 Å². The SMILES string of the molecule is CCOC(=O)c1c(N)oc2c1c(Sc1cccc(F)c1)c(O)c1ncccc12. The average molecular weight is 398 g/mol. The number of halogens is 1. The third-order valence-corrected chi connectivity index (χ3v) is 5.24. The molecule has 0 aliphatic rings. The second-order valence-electron chi connectivity index (χ2n) is 5.90. The topological polar surface area (TPSA) is 98.6 Å². The number of esters is 1. The summed E-state index contributed by atoms with van der Waals surface area (Å²) in [5.41, 5.74) is 6.59. The fraction of sp³-hybridized carbons (Fsp3) is 0.100. The fourth-order valence-electron chi connectivity index (χ4n) is 3.01. The van der Waals surface area contributed by atoms with Gasteiger partial charge in [0.2, 0.25) is 5.88 Å². The number of benzene rings is 2. The van der Waals surface area contributed by atoms with E-state index in [1.165, 1.54) is 18.3 Å². The number of carbonyl (C=O) groups is 1.